The summed E-state index contributed by atoms with van der Waals surface area (Å²) in [5.74, 6) is 1.41. The smallest absolute Gasteiger partial charge is 0.133 e. The van der Waals surface area contributed by atoms with E-state index in [1.807, 2.05) is 6.07 Å². The second kappa shape index (κ2) is 4.98. The van der Waals surface area contributed by atoms with E-state index in [1.165, 1.54) is 0 Å². The summed E-state index contributed by atoms with van der Waals surface area (Å²) in [7, 11) is 0. The lowest BCUT2D eigenvalue weighted by atomic mass is 9.96. The molecule has 4 nitrogen and oxygen atoms in total. The van der Waals surface area contributed by atoms with E-state index in [0.717, 1.165) is 38.0 Å². The van der Waals surface area contributed by atoms with Crippen molar-refractivity contribution in [3.8, 4) is 0 Å². The largest absolute Gasteiger partial charge is 0.302 e. The summed E-state index contributed by atoms with van der Waals surface area (Å²) < 4.78 is 0. The van der Waals surface area contributed by atoms with Gasteiger partial charge in [0.05, 0.1) is 6.54 Å². The van der Waals surface area contributed by atoms with Gasteiger partial charge in [-0.05, 0) is 32.0 Å². The zero-order chi connectivity index (χ0) is 10.5. The average molecular weight is 205 g/mol. The van der Waals surface area contributed by atoms with Crippen LogP contribution in [0.5, 0.6) is 0 Å². The summed E-state index contributed by atoms with van der Waals surface area (Å²) in [6.07, 6.45) is 6.66. The van der Waals surface area contributed by atoms with Crippen LogP contribution >= 0.6 is 0 Å². The quantitative estimate of drug-likeness (QED) is 0.686. The van der Waals surface area contributed by atoms with Gasteiger partial charge in [0, 0.05) is 18.3 Å². The van der Waals surface area contributed by atoms with E-state index >= 15 is 0 Å². The third kappa shape index (κ3) is 2.59. The topological polar surface area (TPSA) is 46.1 Å². The Morgan fingerprint density at radius 1 is 1.33 bits per heavy atom. The first kappa shape index (κ1) is 10.2. The van der Waals surface area contributed by atoms with Crippen molar-refractivity contribution in [3.63, 3.8) is 0 Å². The Morgan fingerprint density at radius 3 is 2.60 bits per heavy atom. The van der Waals surface area contributed by atoms with Crippen LogP contribution in [0.2, 0.25) is 0 Å². The van der Waals surface area contributed by atoms with Crippen molar-refractivity contribution >= 4 is 6.29 Å². The van der Waals surface area contributed by atoms with Crippen molar-refractivity contribution < 1.29 is 4.79 Å². The number of piperidine rings is 1. The van der Waals surface area contributed by atoms with Gasteiger partial charge in [0.15, 0.2) is 0 Å². The molecule has 1 aromatic heterocycles. The van der Waals surface area contributed by atoms with Crippen molar-refractivity contribution in [2.45, 2.75) is 18.8 Å². The van der Waals surface area contributed by atoms with E-state index in [2.05, 4.69) is 14.9 Å². The number of rotatable bonds is 3. The molecule has 0 radical (unpaired) electrons. The van der Waals surface area contributed by atoms with Crippen molar-refractivity contribution in [1.29, 1.82) is 0 Å². The van der Waals surface area contributed by atoms with E-state index in [9.17, 15) is 4.79 Å². The van der Waals surface area contributed by atoms with Gasteiger partial charge in [0.2, 0.25) is 0 Å². The minimum Gasteiger partial charge on any atom is -0.302 e. The summed E-state index contributed by atoms with van der Waals surface area (Å²) in [6.45, 7) is 2.51. The third-order valence-electron chi connectivity index (χ3n) is 2.87. The molecule has 0 spiro atoms. The van der Waals surface area contributed by atoms with Crippen LogP contribution in [0.25, 0.3) is 0 Å². The fraction of sp³-hybridized carbons (Fsp3) is 0.545. The second-order valence-electron chi connectivity index (χ2n) is 3.85. The predicted molar refractivity (Wildman–Crippen MR) is 56.5 cm³/mol. The maximum Gasteiger partial charge on any atom is 0.133 e. The molecule has 2 rings (SSSR count). The number of carbonyl (C=O) groups is 1. The number of carbonyl (C=O) groups excluding carboxylic acids is 1. The average Bonchev–Trinajstić information content (AvgIpc) is 2.32. The minimum absolute atomic E-state index is 0.467. The Morgan fingerprint density at radius 2 is 2.00 bits per heavy atom. The van der Waals surface area contributed by atoms with Crippen LogP contribution < -0.4 is 0 Å². The van der Waals surface area contributed by atoms with E-state index in [1.54, 1.807) is 12.4 Å². The number of aromatic nitrogens is 2. The lowest BCUT2D eigenvalue weighted by Gasteiger charge is -2.29. The Labute approximate surface area is 89.3 Å². The molecule has 0 unspecified atom stereocenters. The van der Waals surface area contributed by atoms with E-state index in [-0.39, 0.29) is 0 Å². The lowest BCUT2D eigenvalue weighted by molar-refractivity contribution is -0.109. The molecule has 0 aromatic carbocycles. The number of hydrogen-bond acceptors (Lipinski definition) is 4. The van der Waals surface area contributed by atoms with Gasteiger partial charge in [-0.2, -0.15) is 0 Å². The van der Waals surface area contributed by atoms with Crippen molar-refractivity contribution in [3.05, 3.63) is 24.3 Å². The van der Waals surface area contributed by atoms with Crippen molar-refractivity contribution in [2.24, 2.45) is 0 Å². The van der Waals surface area contributed by atoms with Crippen LogP contribution in [0.1, 0.15) is 24.6 Å². The molecule has 0 amide bonds. The zero-order valence-corrected chi connectivity index (χ0v) is 8.67. The van der Waals surface area contributed by atoms with Gasteiger partial charge in [-0.3, -0.25) is 4.90 Å². The molecule has 2 heterocycles. The fourth-order valence-electron chi connectivity index (χ4n) is 2.00. The van der Waals surface area contributed by atoms with Gasteiger partial charge in [0.25, 0.3) is 0 Å². The molecule has 0 saturated carbocycles. The van der Waals surface area contributed by atoms with E-state index in [4.69, 9.17) is 0 Å². The lowest BCUT2D eigenvalue weighted by Crippen LogP contribution is -2.34. The van der Waals surface area contributed by atoms with Crippen molar-refractivity contribution in [1.82, 2.24) is 14.9 Å². The molecule has 1 saturated heterocycles. The Bertz CT molecular complexity index is 307. The molecule has 0 bridgehead atoms. The predicted octanol–water partition coefficient (Wildman–Crippen LogP) is 0.855. The molecule has 4 heteroatoms. The normalized spacial score (nSPS) is 18.9. The summed E-state index contributed by atoms with van der Waals surface area (Å²) in [5.41, 5.74) is 0. The van der Waals surface area contributed by atoms with Crippen LogP contribution in [0, 0.1) is 0 Å². The van der Waals surface area contributed by atoms with Gasteiger partial charge < -0.3 is 4.79 Å². The molecule has 1 aromatic rings. The maximum atomic E-state index is 10.4. The first-order valence-electron chi connectivity index (χ1n) is 5.33. The molecule has 1 fully saturated rings. The van der Waals surface area contributed by atoms with Gasteiger partial charge in [0.1, 0.15) is 12.1 Å². The highest BCUT2D eigenvalue weighted by atomic mass is 16.1. The number of aldehydes is 1. The summed E-state index contributed by atoms with van der Waals surface area (Å²) in [5, 5.41) is 0. The number of likely N-dealkylation sites (tertiary alicyclic amines) is 1. The van der Waals surface area contributed by atoms with Crippen LogP contribution in [0.4, 0.5) is 0 Å². The highest BCUT2D eigenvalue weighted by Crippen LogP contribution is 2.24. The van der Waals surface area contributed by atoms with Crippen LogP contribution in [0.15, 0.2) is 18.5 Å². The molecule has 15 heavy (non-hydrogen) atoms. The Hall–Kier alpha value is -1.29. The number of nitrogens with zero attached hydrogens (tertiary/aromatic N) is 3. The fourth-order valence-corrected chi connectivity index (χ4v) is 2.00. The van der Waals surface area contributed by atoms with E-state index < -0.39 is 0 Å². The summed E-state index contributed by atoms with van der Waals surface area (Å²) >= 11 is 0. The van der Waals surface area contributed by atoms with E-state index in [0.29, 0.717) is 12.5 Å². The molecule has 1 aliphatic heterocycles. The highest BCUT2D eigenvalue weighted by Gasteiger charge is 2.21. The molecular formula is C11H15N3O. The maximum absolute atomic E-state index is 10.4. The Kier molecular flexibility index (Phi) is 3.40. The van der Waals surface area contributed by atoms with Crippen LogP contribution in [0.3, 0.4) is 0 Å². The third-order valence-corrected chi connectivity index (χ3v) is 2.87. The number of hydrogen-bond donors (Lipinski definition) is 0. The van der Waals surface area contributed by atoms with Crippen molar-refractivity contribution in [2.75, 3.05) is 19.6 Å². The second-order valence-corrected chi connectivity index (χ2v) is 3.85. The van der Waals surface area contributed by atoms with Gasteiger partial charge in [-0.25, -0.2) is 9.97 Å². The summed E-state index contributed by atoms with van der Waals surface area (Å²) in [4.78, 5) is 21.1. The molecule has 0 N–H and O–H groups in total. The molecule has 0 atom stereocenters. The Balaban J connectivity index is 1.91. The van der Waals surface area contributed by atoms with Gasteiger partial charge >= 0.3 is 0 Å². The monoisotopic (exact) mass is 205 g/mol. The van der Waals surface area contributed by atoms with Gasteiger partial charge in [-0.1, -0.05) is 0 Å². The molecule has 0 aliphatic carbocycles. The zero-order valence-electron chi connectivity index (χ0n) is 8.67. The van der Waals surface area contributed by atoms with Crippen LogP contribution in [-0.4, -0.2) is 40.8 Å². The molecule has 1 aliphatic rings. The highest BCUT2D eigenvalue weighted by molar-refractivity contribution is 5.51. The first-order chi connectivity index (χ1) is 7.40. The van der Waals surface area contributed by atoms with Gasteiger partial charge in [-0.15, -0.1) is 0 Å². The van der Waals surface area contributed by atoms with Crippen LogP contribution in [-0.2, 0) is 4.79 Å². The molecule has 80 valence electrons. The summed E-state index contributed by atoms with van der Waals surface area (Å²) in [6, 6.07) is 1.84. The first-order valence-corrected chi connectivity index (χ1v) is 5.33. The standard InChI is InChI=1S/C11H15N3O/c15-9-8-14-6-2-10(3-7-14)11-12-4-1-5-13-11/h1,4-5,9-10H,2-3,6-8H2. The molecular weight excluding hydrogens is 190 g/mol. The minimum atomic E-state index is 0.467. The SMILES string of the molecule is O=CCN1CCC(c2ncccn2)CC1.